The molecule has 0 aliphatic rings. The maximum absolute atomic E-state index is 9.30. The molecule has 17 heavy (non-hydrogen) atoms. The van der Waals surface area contributed by atoms with Crippen LogP contribution in [0.4, 0.5) is 0 Å². The van der Waals surface area contributed by atoms with Crippen molar-refractivity contribution in [1.82, 2.24) is 4.98 Å². The van der Waals surface area contributed by atoms with Crippen molar-refractivity contribution in [2.24, 2.45) is 0 Å². The van der Waals surface area contributed by atoms with Crippen molar-refractivity contribution in [1.29, 1.82) is 5.26 Å². The van der Waals surface area contributed by atoms with Crippen LogP contribution >= 0.6 is 11.3 Å². The topological polar surface area (TPSA) is 36.7 Å². The van der Waals surface area contributed by atoms with Crippen LogP contribution in [-0.2, 0) is 0 Å². The van der Waals surface area contributed by atoms with E-state index in [0.717, 1.165) is 26.2 Å². The molecule has 80 valence electrons. The van der Waals surface area contributed by atoms with Gasteiger partial charge in [-0.2, -0.15) is 5.26 Å². The molecule has 0 N–H and O–H groups in total. The highest BCUT2D eigenvalue weighted by atomic mass is 32.1. The van der Waals surface area contributed by atoms with E-state index in [9.17, 15) is 5.26 Å². The average molecular weight is 236 g/mol. The Morgan fingerprint density at radius 1 is 1.06 bits per heavy atom. The van der Waals surface area contributed by atoms with Crippen molar-refractivity contribution in [3.05, 3.63) is 54.2 Å². The molecule has 0 aliphatic heterocycles. The zero-order chi connectivity index (χ0) is 11.7. The van der Waals surface area contributed by atoms with Crippen LogP contribution in [0.5, 0.6) is 0 Å². The lowest BCUT2D eigenvalue weighted by molar-refractivity contribution is 1.34. The summed E-state index contributed by atoms with van der Waals surface area (Å²) in [5.74, 6) is 0. The molecule has 2 heterocycles. The van der Waals surface area contributed by atoms with Gasteiger partial charge in [-0.05, 0) is 18.2 Å². The molecule has 0 atom stereocenters. The van der Waals surface area contributed by atoms with Gasteiger partial charge in [0.2, 0.25) is 0 Å². The molecule has 3 rings (SSSR count). The zero-order valence-corrected chi connectivity index (χ0v) is 9.74. The van der Waals surface area contributed by atoms with Crippen LogP contribution in [0.3, 0.4) is 0 Å². The summed E-state index contributed by atoms with van der Waals surface area (Å²) in [5.41, 5.74) is 1.59. The van der Waals surface area contributed by atoms with Crippen molar-refractivity contribution in [3.8, 4) is 16.6 Å². The van der Waals surface area contributed by atoms with E-state index in [1.807, 2.05) is 42.5 Å². The molecule has 2 nitrogen and oxygen atoms in total. The molecule has 0 amide bonds. The predicted octanol–water partition coefficient (Wildman–Crippen LogP) is 3.83. The van der Waals surface area contributed by atoms with Gasteiger partial charge < -0.3 is 0 Å². The van der Waals surface area contributed by atoms with Gasteiger partial charge in [0, 0.05) is 16.3 Å². The highest BCUT2D eigenvalue weighted by Crippen LogP contribution is 2.36. The fourth-order valence-corrected chi connectivity index (χ4v) is 2.96. The van der Waals surface area contributed by atoms with Gasteiger partial charge in [-0.15, -0.1) is 11.3 Å². The standard InChI is InChI=1S/C14H8N2S/c15-9-11-10-5-1-2-7-13(10)17-14(11)12-6-3-4-8-16-12/h1-8H. The Labute approximate surface area is 103 Å². The molecule has 1 aromatic carbocycles. The Balaban J connectivity index is 2.35. The smallest absolute Gasteiger partial charge is 0.101 e. The van der Waals surface area contributed by atoms with E-state index in [2.05, 4.69) is 11.1 Å². The largest absolute Gasteiger partial charge is 0.255 e. The zero-order valence-electron chi connectivity index (χ0n) is 8.92. The molecule has 3 heteroatoms. The van der Waals surface area contributed by atoms with E-state index < -0.39 is 0 Å². The molecule has 0 fully saturated rings. The minimum Gasteiger partial charge on any atom is -0.255 e. The third-order valence-electron chi connectivity index (χ3n) is 2.60. The van der Waals surface area contributed by atoms with Gasteiger partial charge >= 0.3 is 0 Å². The fourth-order valence-electron chi connectivity index (χ4n) is 1.83. The Kier molecular flexibility index (Phi) is 2.36. The van der Waals surface area contributed by atoms with Crippen LogP contribution in [0.2, 0.25) is 0 Å². The molecule has 0 spiro atoms. The summed E-state index contributed by atoms with van der Waals surface area (Å²) in [5, 5.41) is 10.3. The number of fused-ring (bicyclic) bond motifs is 1. The van der Waals surface area contributed by atoms with Crippen LogP contribution in [0.15, 0.2) is 48.7 Å². The molecule has 0 aliphatic carbocycles. The number of nitrogens with zero attached hydrogens (tertiary/aromatic N) is 2. The summed E-state index contributed by atoms with van der Waals surface area (Å²) in [6, 6.07) is 16.0. The van der Waals surface area contributed by atoms with E-state index in [1.165, 1.54) is 0 Å². The number of rotatable bonds is 1. The first-order chi connectivity index (χ1) is 8.40. The Morgan fingerprint density at radius 3 is 2.65 bits per heavy atom. The lowest BCUT2D eigenvalue weighted by Gasteiger charge is -1.95. The molecular weight excluding hydrogens is 228 g/mol. The molecule has 0 saturated carbocycles. The van der Waals surface area contributed by atoms with E-state index >= 15 is 0 Å². The second-order valence-corrected chi connectivity index (χ2v) is 4.68. The van der Waals surface area contributed by atoms with E-state index in [1.54, 1.807) is 17.5 Å². The van der Waals surface area contributed by atoms with Crippen molar-refractivity contribution in [3.63, 3.8) is 0 Å². The number of thiophene rings is 1. The van der Waals surface area contributed by atoms with Crippen molar-refractivity contribution >= 4 is 21.4 Å². The quantitative estimate of drug-likeness (QED) is 0.643. The van der Waals surface area contributed by atoms with Crippen LogP contribution in [0, 0.1) is 11.3 Å². The Hall–Kier alpha value is -2.18. The van der Waals surface area contributed by atoms with Gasteiger partial charge in [0.1, 0.15) is 6.07 Å². The lowest BCUT2D eigenvalue weighted by Crippen LogP contribution is -1.81. The van der Waals surface area contributed by atoms with Crippen LogP contribution in [-0.4, -0.2) is 4.98 Å². The minimum absolute atomic E-state index is 0.726. The lowest BCUT2D eigenvalue weighted by atomic mass is 10.1. The molecule has 2 aromatic heterocycles. The Bertz CT molecular complexity index is 708. The van der Waals surface area contributed by atoms with Gasteiger partial charge in [0.05, 0.1) is 16.1 Å². The Morgan fingerprint density at radius 2 is 1.88 bits per heavy atom. The number of aromatic nitrogens is 1. The van der Waals surface area contributed by atoms with Gasteiger partial charge in [0.15, 0.2) is 0 Å². The first-order valence-corrected chi connectivity index (χ1v) is 6.05. The average Bonchev–Trinajstić information content (AvgIpc) is 2.78. The monoisotopic (exact) mass is 236 g/mol. The maximum atomic E-state index is 9.30. The maximum Gasteiger partial charge on any atom is 0.101 e. The number of pyridine rings is 1. The molecule has 0 unspecified atom stereocenters. The first kappa shape index (κ1) is 10.0. The van der Waals surface area contributed by atoms with Crippen molar-refractivity contribution in [2.45, 2.75) is 0 Å². The molecular formula is C14H8N2S. The van der Waals surface area contributed by atoms with Gasteiger partial charge in [-0.3, -0.25) is 4.98 Å². The van der Waals surface area contributed by atoms with Crippen LogP contribution < -0.4 is 0 Å². The van der Waals surface area contributed by atoms with E-state index in [4.69, 9.17) is 0 Å². The second-order valence-electron chi connectivity index (χ2n) is 3.63. The van der Waals surface area contributed by atoms with Crippen LogP contribution in [0.25, 0.3) is 20.7 Å². The summed E-state index contributed by atoms with van der Waals surface area (Å²) < 4.78 is 1.13. The van der Waals surface area contributed by atoms with Crippen LogP contribution in [0.1, 0.15) is 5.56 Å². The highest BCUT2D eigenvalue weighted by Gasteiger charge is 2.13. The van der Waals surface area contributed by atoms with Crippen molar-refractivity contribution in [2.75, 3.05) is 0 Å². The summed E-state index contributed by atoms with van der Waals surface area (Å²) in [4.78, 5) is 5.27. The third-order valence-corrected chi connectivity index (χ3v) is 3.80. The van der Waals surface area contributed by atoms with Gasteiger partial charge in [-0.25, -0.2) is 0 Å². The first-order valence-electron chi connectivity index (χ1n) is 5.23. The fraction of sp³-hybridized carbons (Fsp3) is 0. The summed E-state index contributed by atoms with van der Waals surface area (Å²) in [6.45, 7) is 0. The van der Waals surface area contributed by atoms with Gasteiger partial charge in [-0.1, -0.05) is 24.3 Å². The minimum atomic E-state index is 0.726. The second kappa shape index (κ2) is 4.00. The highest BCUT2D eigenvalue weighted by molar-refractivity contribution is 7.22. The van der Waals surface area contributed by atoms with E-state index in [-0.39, 0.29) is 0 Å². The molecule has 0 saturated heterocycles. The predicted molar refractivity (Wildman–Crippen MR) is 69.8 cm³/mol. The number of nitriles is 1. The molecule has 0 radical (unpaired) electrons. The van der Waals surface area contributed by atoms with E-state index in [0.29, 0.717) is 0 Å². The summed E-state index contributed by atoms with van der Waals surface area (Å²) in [7, 11) is 0. The SMILES string of the molecule is N#Cc1c(-c2ccccn2)sc2ccccc12. The summed E-state index contributed by atoms with van der Waals surface area (Å²) in [6.07, 6.45) is 1.75. The van der Waals surface area contributed by atoms with Gasteiger partial charge in [0.25, 0.3) is 0 Å². The number of benzene rings is 1. The molecule has 0 bridgehead atoms. The number of hydrogen-bond donors (Lipinski definition) is 0. The number of hydrogen-bond acceptors (Lipinski definition) is 3. The third kappa shape index (κ3) is 1.59. The molecule has 3 aromatic rings. The summed E-state index contributed by atoms with van der Waals surface area (Å²) >= 11 is 1.62. The normalized spacial score (nSPS) is 10.3. The van der Waals surface area contributed by atoms with Crippen molar-refractivity contribution < 1.29 is 0 Å².